The number of hydrogen-bond acceptors (Lipinski definition) is 9. The molecule has 0 spiro atoms. The first-order chi connectivity index (χ1) is 17.5. The van der Waals surface area contributed by atoms with Crippen LogP contribution in [0.25, 0.3) is 0 Å². The van der Waals surface area contributed by atoms with Crippen LogP contribution in [0.1, 0.15) is 46.3 Å². The van der Waals surface area contributed by atoms with E-state index >= 15 is 0 Å². The summed E-state index contributed by atoms with van der Waals surface area (Å²) in [6.07, 6.45) is 2.39. The molecule has 1 aliphatic rings. The number of aryl methyl sites for hydroxylation is 1. The van der Waals surface area contributed by atoms with E-state index in [1.807, 2.05) is 36.4 Å². The predicted molar refractivity (Wildman–Crippen MR) is 130 cm³/mol. The van der Waals surface area contributed by atoms with Crippen molar-refractivity contribution in [3.8, 4) is 11.8 Å². The van der Waals surface area contributed by atoms with Crippen molar-refractivity contribution in [2.45, 2.75) is 32.5 Å². The summed E-state index contributed by atoms with van der Waals surface area (Å²) in [5.41, 5.74) is 2.23. The second-order valence-electron chi connectivity index (χ2n) is 8.28. The number of rotatable bonds is 8. The number of aromatic nitrogens is 3. The number of nitrogens with zero attached hydrogens (tertiary/aromatic N) is 3. The highest BCUT2D eigenvalue weighted by atomic mass is 16.5. The Morgan fingerprint density at radius 1 is 1.11 bits per heavy atom. The van der Waals surface area contributed by atoms with Gasteiger partial charge in [0.2, 0.25) is 17.7 Å². The minimum absolute atomic E-state index is 0.0368. The maximum atomic E-state index is 13.1. The van der Waals surface area contributed by atoms with Gasteiger partial charge in [0.25, 0.3) is 0 Å². The molecule has 1 N–H and O–H groups in total. The number of nitrogens with one attached hydrogen (secondary N) is 1. The fraction of sp³-hybridized carbons (Fsp3) is 0.346. The van der Waals surface area contributed by atoms with E-state index in [1.54, 1.807) is 19.2 Å². The second kappa shape index (κ2) is 11.6. The molecule has 0 radical (unpaired) electrons. The number of benzene rings is 1. The van der Waals surface area contributed by atoms with Crippen LogP contribution in [0.15, 0.2) is 48.7 Å². The van der Waals surface area contributed by atoms with Gasteiger partial charge in [-0.15, -0.1) is 0 Å². The van der Waals surface area contributed by atoms with Crippen LogP contribution >= 0.6 is 0 Å². The van der Waals surface area contributed by atoms with E-state index in [9.17, 15) is 9.59 Å². The van der Waals surface area contributed by atoms with Crippen LogP contribution < -0.4 is 14.8 Å². The summed E-state index contributed by atoms with van der Waals surface area (Å²) < 4.78 is 21.6. The number of amides is 1. The molecule has 2 aromatic heterocycles. The monoisotopic (exact) mass is 492 g/mol. The Morgan fingerprint density at radius 2 is 1.92 bits per heavy atom. The van der Waals surface area contributed by atoms with E-state index in [1.165, 1.54) is 14.2 Å². The molecule has 10 nitrogen and oxygen atoms in total. The van der Waals surface area contributed by atoms with Gasteiger partial charge in [-0.3, -0.25) is 4.79 Å². The molecule has 0 bridgehead atoms. The van der Waals surface area contributed by atoms with Crippen LogP contribution in [-0.2, 0) is 20.9 Å². The predicted octanol–water partition coefficient (Wildman–Crippen LogP) is 3.66. The number of anilines is 1. The third-order valence-electron chi connectivity index (χ3n) is 5.86. The molecule has 4 rings (SSSR count). The minimum atomic E-state index is -0.721. The fourth-order valence-corrected chi connectivity index (χ4v) is 3.91. The average molecular weight is 493 g/mol. The number of carbonyl (C=O) groups excluding carboxylic acids is 2. The Balaban J connectivity index is 1.40. The van der Waals surface area contributed by atoms with Crippen molar-refractivity contribution in [3.05, 3.63) is 71.2 Å². The van der Waals surface area contributed by atoms with Crippen molar-refractivity contribution in [3.63, 3.8) is 0 Å². The van der Waals surface area contributed by atoms with Crippen molar-refractivity contribution < 1.29 is 28.5 Å². The van der Waals surface area contributed by atoms with Crippen molar-refractivity contribution in [1.82, 2.24) is 15.0 Å². The molecule has 3 heterocycles. The van der Waals surface area contributed by atoms with Crippen molar-refractivity contribution in [2.75, 3.05) is 26.1 Å². The first kappa shape index (κ1) is 25.1. The zero-order valence-corrected chi connectivity index (χ0v) is 20.4. The van der Waals surface area contributed by atoms with E-state index in [4.69, 9.17) is 18.9 Å². The smallest absolute Gasteiger partial charge is 0.360 e. The lowest BCUT2D eigenvalue weighted by atomic mass is 9.91. The molecule has 10 heteroatoms. The average Bonchev–Trinajstić information content (AvgIpc) is 2.92. The lowest BCUT2D eigenvalue weighted by Gasteiger charge is -2.29. The molecule has 188 valence electrons. The van der Waals surface area contributed by atoms with Gasteiger partial charge < -0.3 is 24.3 Å². The Labute approximate surface area is 209 Å². The van der Waals surface area contributed by atoms with Crippen LogP contribution in [0.4, 0.5) is 5.82 Å². The van der Waals surface area contributed by atoms with E-state index < -0.39 is 5.97 Å². The number of pyridine rings is 1. The number of ether oxygens (including phenoxy) is 4. The Bertz CT molecular complexity index is 1200. The molecule has 1 aliphatic heterocycles. The van der Waals surface area contributed by atoms with Gasteiger partial charge in [-0.05, 0) is 37.0 Å². The number of carbonyl (C=O) groups is 2. The fourth-order valence-electron chi connectivity index (χ4n) is 3.91. The van der Waals surface area contributed by atoms with E-state index in [0.717, 1.165) is 11.1 Å². The first-order valence-electron chi connectivity index (χ1n) is 11.5. The number of esters is 1. The molecule has 1 amide bonds. The zero-order chi connectivity index (χ0) is 25.5. The van der Waals surface area contributed by atoms with Crippen LogP contribution in [0.2, 0.25) is 0 Å². The molecule has 1 aromatic carbocycles. The lowest BCUT2D eigenvalue weighted by Crippen LogP contribution is -2.31. The molecule has 1 saturated heterocycles. The summed E-state index contributed by atoms with van der Waals surface area (Å²) in [5, 5.41) is 2.74. The highest BCUT2D eigenvalue weighted by Gasteiger charge is 2.31. The quantitative estimate of drug-likeness (QED) is 0.469. The summed E-state index contributed by atoms with van der Waals surface area (Å²) in [5.74, 6) is -0.619. The number of methoxy groups -OCH3 is 2. The van der Waals surface area contributed by atoms with Crippen LogP contribution in [0.3, 0.4) is 0 Å². The number of hydrogen-bond donors (Lipinski definition) is 1. The molecular formula is C26H28N4O6. The largest absolute Gasteiger partial charge is 0.480 e. The maximum Gasteiger partial charge on any atom is 0.360 e. The molecule has 3 aromatic rings. The van der Waals surface area contributed by atoms with Gasteiger partial charge in [0.05, 0.1) is 20.3 Å². The minimum Gasteiger partial charge on any atom is -0.480 e. The summed E-state index contributed by atoms with van der Waals surface area (Å²) in [7, 11) is 2.66. The molecular weight excluding hydrogens is 464 g/mol. The first-order valence-corrected chi connectivity index (χ1v) is 11.5. The SMILES string of the molecule is COC(=O)c1nc(OC)c(C)nc1NC(=O)[C@H]1CCO[C@@H](c2ccc(OCc3ccccc3)nc2)C1. The highest BCUT2D eigenvalue weighted by Crippen LogP contribution is 2.33. The zero-order valence-electron chi connectivity index (χ0n) is 20.4. The summed E-state index contributed by atoms with van der Waals surface area (Å²) in [6, 6.07) is 13.5. The third kappa shape index (κ3) is 5.95. The van der Waals surface area contributed by atoms with Gasteiger partial charge in [0.1, 0.15) is 12.3 Å². The topological polar surface area (TPSA) is 122 Å². The molecule has 0 saturated carbocycles. The van der Waals surface area contributed by atoms with Crippen molar-refractivity contribution in [1.29, 1.82) is 0 Å². The van der Waals surface area contributed by atoms with E-state index in [2.05, 4.69) is 20.3 Å². The Kier molecular flexibility index (Phi) is 8.06. The standard InChI is InChI=1S/C26H28N4O6/c1-16-25(33-2)29-22(26(32)34-3)23(28-16)30-24(31)18-11-12-35-20(13-18)19-9-10-21(27-14-19)36-15-17-7-5-4-6-8-17/h4-10,14,18,20H,11-13,15H2,1-3H3,(H,28,30,31)/t18-,20+/m0/s1. The summed E-state index contributed by atoms with van der Waals surface area (Å²) in [4.78, 5) is 38.1. The van der Waals surface area contributed by atoms with E-state index in [-0.39, 0.29) is 35.3 Å². The van der Waals surface area contributed by atoms with Gasteiger partial charge in [-0.2, -0.15) is 0 Å². The summed E-state index contributed by atoms with van der Waals surface area (Å²) >= 11 is 0. The van der Waals surface area contributed by atoms with Gasteiger partial charge in [-0.25, -0.2) is 19.7 Å². The molecule has 2 atom stereocenters. The van der Waals surface area contributed by atoms with E-state index in [0.29, 0.717) is 37.6 Å². The normalized spacial score (nSPS) is 17.2. The van der Waals surface area contributed by atoms with Crippen LogP contribution in [-0.4, -0.2) is 47.7 Å². The van der Waals surface area contributed by atoms with Crippen molar-refractivity contribution >= 4 is 17.7 Å². The third-order valence-corrected chi connectivity index (χ3v) is 5.86. The lowest BCUT2D eigenvalue weighted by molar-refractivity contribution is -0.125. The van der Waals surface area contributed by atoms with Gasteiger partial charge in [0, 0.05) is 24.8 Å². The molecule has 1 fully saturated rings. The Morgan fingerprint density at radius 3 is 2.61 bits per heavy atom. The molecule has 36 heavy (non-hydrogen) atoms. The second-order valence-corrected chi connectivity index (χ2v) is 8.28. The van der Waals surface area contributed by atoms with Gasteiger partial charge >= 0.3 is 5.97 Å². The highest BCUT2D eigenvalue weighted by molar-refractivity contribution is 5.99. The van der Waals surface area contributed by atoms with Crippen LogP contribution in [0, 0.1) is 12.8 Å². The molecule has 0 unspecified atom stereocenters. The molecule has 0 aliphatic carbocycles. The van der Waals surface area contributed by atoms with Crippen molar-refractivity contribution in [2.24, 2.45) is 5.92 Å². The Hall–Kier alpha value is -4.05. The van der Waals surface area contributed by atoms with Gasteiger partial charge in [-0.1, -0.05) is 30.3 Å². The van der Waals surface area contributed by atoms with Gasteiger partial charge in [0.15, 0.2) is 11.5 Å². The maximum absolute atomic E-state index is 13.1. The van der Waals surface area contributed by atoms with Crippen LogP contribution in [0.5, 0.6) is 11.8 Å². The summed E-state index contributed by atoms with van der Waals surface area (Å²) in [6.45, 7) is 2.51.